The first-order valence-corrected chi connectivity index (χ1v) is 16.6. The second-order valence-electron chi connectivity index (χ2n) is 11.9. The van der Waals surface area contributed by atoms with Crippen molar-refractivity contribution < 1.29 is 0 Å². The van der Waals surface area contributed by atoms with E-state index in [2.05, 4.69) is 120 Å². The van der Waals surface area contributed by atoms with Crippen LogP contribution in [0.2, 0.25) is 0 Å². The molecule has 0 radical (unpaired) electrons. The van der Waals surface area contributed by atoms with E-state index >= 15 is 0 Å². The maximum atomic E-state index is 2.60. The second kappa shape index (κ2) is 8.02. The maximum Gasteiger partial charge on any atom is 0.0649 e. The number of hydrogen-bond donors (Lipinski definition) is 0. The number of benzene rings is 6. The Morgan fingerprint density at radius 2 is 1.21 bits per heavy atom. The van der Waals surface area contributed by atoms with Crippen LogP contribution in [0.3, 0.4) is 0 Å². The molecule has 1 nitrogen and oxygen atoms in total. The van der Waals surface area contributed by atoms with Crippen molar-refractivity contribution in [3.63, 3.8) is 0 Å². The highest BCUT2D eigenvalue weighted by Gasteiger charge is 2.28. The summed E-state index contributed by atoms with van der Waals surface area (Å²) in [4.78, 5) is 0. The number of nitrogens with zero attached hydrogens (tertiary/aromatic N) is 1. The maximum absolute atomic E-state index is 2.60. The molecular weight excluding hydrogens is 559 g/mol. The zero-order valence-electron chi connectivity index (χ0n) is 23.1. The van der Waals surface area contributed by atoms with Gasteiger partial charge in [-0.25, -0.2) is 0 Å². The molecule has 6 aromatic carbocycles. The molecule has 0 N–H and O–H groups in total. The molecule has 3 aromatic heterocycles. The molecule has 0 unspecified atom stereocenters. The lowest BCUT2D eigenvalue weighted by atomic mass is 9.95. The van der Waals surface area contributed by atoms with Gasteiger partial charge in [0, 0.05) is 56.5 Å². The molecule has 0 bridgehead atoms. The minimum Gasteiger partial charge on any atom is -0.308 e. The standard InChI is InChI=1S/C40H23NS2/c1-2-11-23-22(10-1)24-15-9-16-26-31(21-20-25(23)34(24)26)41-30-17-6-3-12-27(30)35-38(41)36-28-13-4-7-18-32(28)42-40(36)37-29-14-5-8-19-33(29)43-39(35)37/h1,3-10,12-21H,2,11H2. The Morgan fingerprint density at radius 1 is 0.535 bits per heavy atom. The molecule has 200 valence electrons. The number of para-hydroxylation sites is 1. The predicted octanol–water partition coefficient (Wildman–Crippen LogP) is 12.2. The van der Waals surface area contributed by atoms with Crippen molar-refractivity contribution >= 4 is 107 Å². The normalized spacial score (nSPS) is 14.6. The molecule has 43 heavy (non-hydrogen) atoms. The van der Waals surface area contributed by atoms with Gasteiger partial charge in [0.2, 0.25) is 0 Å². The first kappa shape index (κ1) is 22.8. The van der Waals surface area contributed by atoms with Gasteiger partial charge in [-0.3, -0.25) is 0 Å². The lowest BCUT2D eigenvalue weighted by Gasteiger charge is -2.15. The van der Waals surface area contributed by atoms with Gasteiger partial charge in [-0.05, 0) is 64.8 Å². The minimum absolute atomic E-state index is 1.12. The van der Waals surface area contributed by atoms with E-state index in [0.717, 1.165) is 12.8 Å². The summed E-state index contributed by atoms with van der Waals surface area (Å²) in [5, 5.41) is 11.0. The van der Waals surface area contributed by atoms with Crippen molar-refractivity contribution in [2.75, 3.05) is 0 Å². The smallest absolute Gasteiger partial charge is 0.0649 e. The van der Waals surface area contributed by atoms with Gasteiger partial charge in [0.15, 0.2) is 0 Å². The van der Waals surface area contributed by atoms with E-state index in [-0.39, 0.29) is 0 Å². The first-order valence-electron chi connectivity index (χ1n) is 15.0. The van der Waals surface area contributed by atoms with Crippen LogP contribution >= 0.6 is 22.7 Å². The summed E-state index contributed by atoms with van der Waals surface area (Å²) < 4.78 is 8.11. The third kappa shape index (κ3) is 2.74. The molecule has 0 aliphatic heterocycles. The molecule has 3 heteroatoms. The molecule has 0 atom stereocenters. The van der Waals surface area contributed by atoms with Gasteiger partial charge in [0.1, 0.15) is 0 Å². The van der Waals surface area contributed by atoms with Crippen LogP contribution in [0, 0.1) is 0 Å². The summed E-state index contributed by atoms with van der Waals surface area (Å²) >= 11 is 3.90. The molecule has 0 saturated carbocycles. The van der Waals surface area contributed by atoms with Crippen LogP contribution in [0.1, 0.15) is 24.0 Å². The monoisotopic (exact) mass is 581 g/mol. The SMILES string of the molecule is C1=CC2=C(CC1)c1ccc(-n3c4ccccc4c4c5sc6ccccc6c5c5sc6ccccc6c5c43)c3cccc2c13. The highest BCUT2D eigenvalue weighted by atomic mass is 32.1. The van der Waals surface area contributed by atoms with Gasteiger partial charge < -0.3 is 4.57 Å². The summed E-state index contributed by atoms with van der Waals surface area (Å²) in [6.45, 7) is 0. The molecule has 0 spiro atoms. The van der Waals surface area contributed by atoms with E-state index in [1.54, 1.807) is 0 Å². The van der Waals surface area contributed by atoms with Gasteiger partial charge >= 0.3 is 0 Å². The second-order valence-corrected chi connectivity index (χ2v) is 14.0. The molecule has 0 saturated heterocycles. The third-order valence-corrected chi connectivity index (χ3v) is 12.2. The van der Waals surface area contributed by atoms with Crippen LogP contribution in [0.4, 0.5) is 0 Å². The number of rotatable bonds is 1. The van der Waals surface area contributed by atoms with Crippen LogP contribution in [-0.4, -0.2) is 4.57 Å². The van der Waals surface area contributed by atoms with Gasteiger partial charge in [-0.1, -0.05) is 91.0 Å². The lowest BCUT2D eigenvalue weighted by Crippen LogP contribution is -1.97. The Labute approximate surface area is 255 Å². The predicted molar refractivity (Wildman–Crippen MR) is 189 cm³/mol. The summed E-state index contributed by atoms with van der Waals surface area (Å²) in [6.07, 6.45) is 6.94. The van der Waals surface area contributed by atoms with Gasteiger partial charge in [-0.15, -0.1) is 22.7 Å². The Morgan fingerprint density at radius 3 is 2.02 bits per heavy atom. The van der Waals surface area contributed by atoms with Crippen LogP contribution in [0.25, 0.3) is 89.8 Å². The Balaban J connectivity index is 1.41. The Kier molecular flexibility index (Phi) is 4.26. The van der Waals surface area contributed by atoms with Crippen LogP contribution in [0.5, 0.6) is 0 Å². The van der Waals surface area contributed by atoms with Crippen molar-refractivity contribution in [2.45, 2.75) is 12.8 Å². The minimum atomic E-state index is 1.12. The summed E-state index contributed by atoms with van der Waals surface area (Å²) in [6, 6.07) is 38.8. The summed E-state index contributed by atoms with van der Waals surface area (Å²) in [5.41, 5.74) is 9.63. The summed E-state index contributed by atoms with van der Waals surface area (Å²) in [7, 11) is 0. The molecule has 2 aliphatic carbocycles. The van der Waals surface area contributed by atoms with Crippen molar-refractivity contribution in [2.24, 2.45) is 0 Å². The number of aromatic nitrogens is 1. The quantitative estimate of drug-likeness (QED) is 0.182. The summed E-state index contributed by atoms with van der Waals surface area (Å²) in [5.74, 6) is 0. The zero-order valence-corrected chi connectivity index (χ0v) is 24.8. The fourth-order valence-corrected chi connectivity index (χ4v) is 10.7. The highest BCUT2D eigenvalue weighted by Crippen LogP contribution is 2.53. The largest absolute Gasteiger partial charge is 0.308 e. The zero-order chi connectivity index (χ0) is 27.8. The fraction of sp³-hybridized carbons (Fsp3) is 0.0500. The Bertz CT molecular complexity index is 2750. The third-order valence-electron chi connectivity index (χ3n) is 9.80. The molecule has 11 rings (SSSR count). The average molecular weight is 582 g/mol. The fourth-order valence-electron chi connectivity index (χ4n) is 8.12. The molecule has 9 aromatic rings. The van der Waals surface area contributed by atoms with Gasteiger partial charge in [0.25, 0.3) is 0 Å². The van der Waals surface area contributed by atoms with Crippen molar-refractivity contribution in [1.29, 1.82) is 0 Å². The number of thiophene rings is 2. The Hall–Kier alpha value is -4.70. The number of fused-ring (bicyclic) bond motifs is 14. The lowest BCUT2D eigenvalue weighted by molar-refractivity contribution is 1.06. The van der Waals surface area contributed by atoms with Crippen molar-refractivity contribution in [3.05, 3.63) is 126 Å². The number of allylic oxidation sites excluding steroid dienone is 4. The van der Waals surface area contributed by atoms with E-state index in [4.69, 9.17) is 0 Å². The number of hydrogen-bond acceptors (Lipinski definition) is 2. The molecular formula is C40H23NS2. The van der Waals surface area contributed by atoms with Crippen molar-refractivity contribution in [1.82, 2.24) is 4.57 Å². The highest BCUT2D eigenvalue weighted by molar-refractivity contribution is 7.30. The molecule has 0 amide bonds. The van der Waals surface area contributed by atoms with Gasteiger partial charge in [-0.2, -0.15) is 0 Å². The molecule has 0 fully saturated rings. The average Bonchev–Trinajstić information content (AvgIpc) is 3.80. The molecule has 2 aliphatic rings. The van der Waals surface area contributed by atoms with E-state index in [9.17, 15) is 0 Å². The first-order chi connectivity index (χ1) is 21.4. The molecule has 3 heterocycles. The van der Waals surface area contributed by atoms with E-state index in [1.807, 2.05) is 22.7 Å². The van der Waals surface area contributed by atoms with Crippen LogP contribution in [-0.2, 0) is 0 Å². The topological polar surface area (TPSA) is 4.93 Å². The van der Waals surface area contributed by atoms with E-state index in [1.165, 1.54) is 101 Å². The van der Waals surface area contributed by atoms with Crippen LogP contribution in [0.15, 0.2) is 115 Å². The van der Waals surface area contributed by atoms with E-state index < -0.39 is 0 Å². The van der Waals surface area contributed by atoms with Gasteiger partial charge in [0.05, 0.1) is 16.7 Å². The van der Waals surface area contributed by atoms with Crippen molar-refractivity contribution in [3.8, 4) is 5.69 Å². The van der Waals surface area contributed by atoms with Crippen LogP contribution < -0.4 is 0 Å². The van der Waals surface area contributed by atoms with E-state index in [0.29, 0.717) is 0 Å².